The van der Waals surface area contributed by atoms with Crippen molar-refractivity contribution >= 4 is 18.4 Å². The number of rotatable bonds is 3. The van der Waals surface area contributed by atoms with Crippen molar-refractivity contribution in [3.05, 3.63) is 35.7 Å². The van der Waals surface area contributed by atoms with Crippen LogP contribution in [-0.2, 0) is 9.47 Å². The topological polar surface area (TPSA) is 86.5 Å². The Morgan fingerprint density at radius 2 is 2.32 bits per heavy atom. The number of benzene rings is 1. The van der Waals surface area contributed by atoms with Crippen molar-refractivity contribution in [3.63, 3.8) is 0 Å². The smallest absolute Gasteiger partial charge is 0.337 e. The molecule has 0 amide bonds. The summed E-state index contributed by atoms with van der Waals surface area (Å²) in [6.45, 7) is 2.07. The van der Waals surface area contributed by atoms with Crippen LogP contribution >= 0.6 is 12.4 Å². The van der Waals surface area contributed by atoms with Crippen LogP contribution in [0, 0.1) is 0 Å². The van der Waals surface area contributed by atoms with Crippen molar-refractivity contribution in [1.29, 1.82) is 0 Å². The van der Waals surface area contributed by atoms with E-state index < -0.39 is 5.97 Å². The highest BCUT2D eigenvalue weighted by atomic mass is 35.5. The fourth-order valence-electron chi connectivity index (χ4n) is 2.11. The van der Waals surface area contributed by atoms with Gasteiger partial charge in [0, 0.05) is 18.7 Å². The third-order valence-corrected chi connectivity index (χ3v) is 3.19. The van der Waals surface area contributed by atoms with E-state index in [9.17, 15) is 4.79 Å². The molecule has 1 aromatic carbocycles. The second kappa shape index (κ2) is 7.35. The van der Waals surface area contributed by atoms with Gasteiger partial charge >= 0.3 is 5.97 Å². The first kappa shape index (κ1) is 16.4. The molecule has 2 aromatic rings. The molecule has 1 aromatic heterocycles. The summed E-state index contributed by atoms with van der Waals surface area (Å²) in [7, 11) is 1.34. The molecule has 3 rings (SSSR count). The molecule has 1 atom stereocenters. The Labute approximate surface area is 133 Å². The molecule has 0 aliphatic carbocycles. The zero-order chi connectivity index (χ0) is 14.7. The van der Waals surface area contributed by atoms with Gasteiger partial charge in [-0.05, 0) is 12.1 Å². The van der Waals surface area contributed by atoms with E-state index in [2.05, 4.69) is 15.5 Å². The Balaban J connectivity index is 0.00000176. The van der Waals surface area contributed by atoms with Gasteiger partial charge < -0.3 is 19.3 Å². The summed E-state index contributed by atoms with van der Waals surface area (Å²) in [6, 6.07) is 6.89. The summed E-state index contributed by atoms with van der Waals surface area (Å²) in [5, 5.41) is 7.14. The maximum atomic E-state index is 11.5. The molecule has 0 saturated carbocycles. The minimum Gasteiger partial charge on any atom is -0.465 e. The van der Waals surface area contributed by atoms with E-state index in [0.717, 1.165) is 6.54 Å². The van der Waals surface area contributed by atoms with E-state index in [1.807, 2.05) is 0 Å². The lowest BCUT2D eigenvalue weighted by Gasteiger charge is -2.19. The predicted molar refractivity (Wildman–Crippen MR) is 79.9 cm³/mol. The number of ether oxygens (including phenoxy) is 2. The number of morpholine rings is 1. The standard InChI is InChI=1S/C14H15N3O4.ClH/c1-19-14(18)10-4-2-3-9(7-10)12-16-13(21-17-12)11-8-15-5-6-20-11;/h2-4,7,11,15H,5-6,8H2,1H3;1H/t11-;/m0./s1. The van der Waals surface area contributed by atoms with Crippen LogP contribution < -0.4 is 5.32 Å². The highest BCUT2D eigenvalue weighted by Gasteiger charge is 2.22. The van der Waals surface area contributed by atoms with Crippen molar-refractivity contribution in [2.45, 2.75) is 6.10 Å². The number of nitrogens with one attached hydrogen (secondary N) is 1. The van der Waals surface area contributed by atoms with Crippen LogP contribution in [0.25, 0.3) is 11.4 Å². The molecular formula is C14H16ClN3O4. The molecule has 0 radical (unpaired) electrons. The van der Waals surface area contributed by atoms with E-state index in [4.69, 9.17) is 14.0 Å². The largest absolute Gasteiger partial charge is 0.465 e. The van der Waals surface area contributed by atoms with Gasteiger partial charge in [0.1, 0.15) is 6.10 Å². The molecule has 0 unspecified atom stereocenters. The lowest BCUT2D eigenvalue weighted by atomic mass is 10.1. The minimum atomic E-state index is -0.402. The second-order valence-electron chi connectivity index (χ2n) is 4.59. The van der Waals surface area contributed by atoms with Crippen molar-refractivity contribution in [2.24, 2.45) is 0 Å². The highest BCUT2D eigenvalue weighted by Crippen LogP contribution is 2.22. The van der Waals surface area contributed by atoms with Crippen molar-refractivity contribution in [3.8, 4) is 11.4 Å². The van der Waals surface area contributed by atoms with Crippen LogP contribution in [0.3, 0.4) is 0 Å². The molecule has 0 bridgehead atoms. The van der Waals surface area contributed by atoms with E-state index >= 15 is 0 Å². The van der Waals surface area contributed by atoms with E-state index in [1.54, 1.807) is 24.3 Å². The monoisotopic (exact) mass is 325 g/mol. The molecule has 1 fully saturated rings. The number of hydrogen-bond donors (Lipinski definition) is 1. The van der Waals surface area contributed by atoms with Gasteiger partial charge in [-0.25, -0.2) is 4.79 Å². The fraction of sp³-hybridized carbons (Fsp3) is 0.357. The summed E-state index contributed by atoms with van der Waals surface area (Å²) in [6.07, 6.45) is -0.233. The maximum Gasteiger partial charge on any atom is 0.337 e. The summed E-state index contributed by atoms with van der Waals surface area (Å²) in [4.78, 5) is 15.9. The fourth-order valence-corrected chi connectivity index (χ4v) is 2.11. The zero-order valence-corrected chi connectivity index (χ0v) is 12.8. The van der Waals surface area contributed by atoms with E-state index in [-0.39, 0.29) is 18.5 Å². The van der Waals surface area contributed by atoms with Gasteiger partial charge in [-0.3, -0.25) is 0 Å². The van der Waals surface area contributed by atoms with E-state index in [1.165, 1.54) is 7.11 Å². The number of aromatic nitrogens is 2. The molecule has 22 heavy (non-hydrogen) atoms. The Morgan fingerprint density at radius 3 is 3.05 bits per heavy atom. The number of esters is 1. The molecule has 118 valence electrons. The highest BCUT2D eigenvalue weighted by molar-refractivity contribution is 5.90. The van der Waals surface area contributed by atoms with Crippen LogP contribution in [0.5, 0.6) is 0 Å². The quantitative estimate of drug-likeness (QED) is 0.858. The Kier molecular flexibility index (Phi) is 5.48. The molecule has 0 spiro atoms. The number of methoxy groups -OCH3 is 1. The summed E-state index contributed by atoms with van der Waals surface area (Å²) in [5.74, 6) is 0.450. The SMILES string of the molecule is COC(=O)c1cccc(-c2noc([C@@H]3CNCCO3)n2)c1.Cl. The Bertz CT molecular complexity index is 641. The van der Waals surface area contributed by atoms with Gasteiger partial charge in [-0.1, -0.05) is 17.3 Å². The Morgan fingerprint density at radius 1 is 1.45 bits per heavy atom. The maximum absolute atomic E-state index is 11.5. The number of carbonyl (C=O) groups is 1. The molecular weight excluding hydrogens is 310 g/mol. The lowest BCUT2D eigenvalue weighted by molar-refractivity contribution is 0.00755. The van der Waals surface area contributed by atoms with Gasteiger partial charge in [0.2, 0.25) is 5.82 Å². The van der Waals surface area contributed by atoms with Crippen LogP contribution in [0.1, 0.15) is 22.4 Å². The number of carbonyl (C=O) groups excluding carboxylic acids is 1. The third-order valence-electron chi connectivity index (χ3n) is 3.19. The van der Waals surface area contributed by atoms with Crippen LogP contribution in [0.4, 0.5) is 0 Å². The first-order valence-corrected chi connectivity index (χ1v) is 6.62. The minimum absolute atomic E-state index is 0. The van der Waals surface area contributed by atoms with Crippen molar-refractivity contribution in [2.75, 3.05) is 26.8 Å². The van der Waals surface area contributed by atoms with Crippen LogP contribution in [0.2, 0.25) is 0 Å². The van der Waals surface area contributed by atoms with Crippen LogP contribution in [0.15, 0.2) is 28.8 Å². The molecule has 2 heterocycles. The Hall–Kier alpha value is -1.96. The number of hydrogen-bond acceptors (Lipinski definition) is 7. The van der Waals surface area contributed by atoms with Gasteiger partial charge in [0.25, 0.3) is 5.89 Å². The summed E-state index contributed by atoms with van der Waals surface area (Å²) < 4.78 is 15.5. The van der Waals surface area contributed by atoms with Gasteiger partial charge in [0.05, 0.1) is 19.3 Å². The normalized spacial score (nSPS) is 17.6. The molecule has 1 aliphatic rings. The predicted octanol–water partition coefficient (Wildman–Crippen LogP) is 1.61. The molecule has 1 saturated heterocycles. The van der Waals surface area contributed by atoms with E-state index in [0.29, 0.717) is 36.0 Å². The zero-order valence-electron chi connectivity index (χ0n) is 11.9. The van der Waals surface area contributed by atoms with Gasteiger partial charge in [-0.15, -0.1) is 12.4 Å². The molecule has 7 nitrogen and oxygen atoms in total. The van der Waals surface area contributed by atoms with Gasteiger partial charge in [-0.2, -0.15) is 4.98 Å². The first-order valence-electron chi connectivity index (χ1n) is 6.62. The van der Waals surface area contributed by atoms with Crippen molar-refractivity contribution < 1.29 is 18.8 Å². The van der Waals surface area contributed by atoms with Crippen LogP contribution in [-0.4, -0.2) is 42.9 Å². The average Bonchev–Trinajstić information content (AvgIpc) is 3.05. The number of halogens is 1. The molecule has 1 aliphatic heterocycles. The lowest BCUT2D eigenvalue weighted by Crippen LogP contribution is -2.33. The number of nitrogens with zero attached hydrogens (tertiary/aromatic N) is 2. The van der Waals surface area contributed by atoms with Gasteiger partial charge in [0.15, 0.2) is 0 Å². The first-order chi connectivity index (χ1) is 10.3. The third kappa shape index (κ3) is 3.44. The second-order valence-corrected chi connectivity index (χ2v) is 4.59. The summed E-state index contributed by atoms with van der Waals surface area (Å²) in [5.41, 5.74) is 1.13. The molecule has 8 heteroatoms. The average molecular weight is 326 g/mol. The molecule has 1 N–H and O–H groups in total. The van der Waals surface area contributed by atoms with Crippen molar-refractivity contribution in [1.82, 2.24) is 15.5 Å². The summed E-state index contributed by atoms with van der Waals surface area (Å²) >= 11 is 0.